The lowest BCUT2D eigenvalue weighted by Gasteiger charge is -2.40. The highest BCUT2D eigenvalue weighted by Gasteiger charge is 2.52. The van der Waals surface area contributed by atoms with Crippen LogP contribution in [-0.2, 0) is 16.2 Å². The predicted octanol–water partition coefficient (Wildman–Crippen LogP) is 13.5. The summed E-state index contributed by atoms with van der Waals surface area (Å²) in [6.07, 6.45) is 0. The molecule has 0 unspecified atom stereocenters. The Morgan fingerprint density at radius 1 is 0.298 bits per heavy atom. The monoisotopic (exact) mass is 728 g/mol. The largest absolute Gasteiger partial charge is 0.289 e. The van der Waals surface area contributed by atoms with Gasteiger partial charge in [0.1, 0.15) is 0 Å². The van der Waals surface area contributed by atoms with Crippen LogP contribution < -0.4 is 0 Å². The molecule has 0 amide bonds. The van der Waals surface area contributed by atoms with E-state index >= 15 is 4.79 Å². The molecule has 0 N–H and O–H groups in total. The van der Waals surface area contributed by atoms with E-state index in [1.54, 1.807) is 0 Å². The van der Waals surface area contributed by atoms with Crippen molar-refractivity contribution < 1.29 is 4.79 Å². The van der Waals surface area contributed by atoms with Crippen molar-refractivity contribution in [2.75, 3.05) is 0 Å². The Bertz CT molecular complexity index is 2890. The lowest BCUT2D eigenvalue weighted by atomic mass is 9.60. The number of hydrogen-bond acceptors (Lipinski definition) is 1. The molecule has 12 rings (SSSR count). The summed E-state index contributed by atoms with van der Waals surface area (Å²) in [5, 5.41) is 0. The molecule has 1 nitrogen and oxygen atoms in total. The van der Waals surface area contributed by atoms with Gasteiger partial charge in [-0.15, -0.1) is 0 Å². The molecule has 0 saturated carbocycles. The highest BCUT2D eigenvalue weighted by molar-refractivity contribution is 6.16. The van der Waals surface area contributed by atoms with Crippen LogP contribution in [0.15, 0.2) is 170 Å². The van der Waals surface area contributed by atoms with E-state index in [1.807, 2.05) is 0 Å². The Kier molecular flexibility index (Phi) is 6.33. The van der Waals surface area contributed by atoms with Gasteiger partial charge in [0, 0.05) is 22.0 Å². The Morgan fingerprint density at radius 3 is 1.04 bits per heavy atom. The van der Waals surface area contributed by atoms with Crippen molar-refractivity contribution in [1.82, 2.24) is 0 Å². The maximum absolute atomic E-state index is 15.5. The van der Waals surface area contributed by atoms with Gasteiger partial charge in [0.15, 0.2) is 5.78 Å². The molecule has 270 valence electrons. The number of benzene rings is 8. The topological polar surface area (TPSA) is 17.1 Å². The van der Waals surface area contributed by atoms with E-state index in [9.17, 15) is 0 Å². The quantitative estimate of drug-likeness (QED) is 0.173. The minimum atomic E-state index is -0.648. The van der Waals surface area contributed by atoms with Crippen LogP contribution in [0.3, 0.4) is 0 Å². The second kappa shape index (κ2) is 11.1. The maximum atomic E-state index is 15.5. The lowest BCUT2D eigenvalue weighted by molar-refractivity contribution is 0.103. The van der Waals surface area contributed by atoms with Crippen LogP contribution >= 0.6 is 0 Å². The average molecular weight is 729 g/mol. The molecule has 4 aliphatic rings. The molecular weight excluding hydrogens is 689 g/mol. The molecule has 0 fully saturated rings. The molecule has 4 aliphatic carbocycles. The van der Waals surface area contributed by atoms with Gasteiger partial charge >= 0.3 is 0 Å². The highest BCUT2D eigenvalue weighted by atomic mass is 16.1. The molecule has 1 heteroatoms. The van der Waals surface area contributed by atoms with Crippen molar-refractivity contribution in [1.29, 1.82) is 0 Å². The van der Waals surface area contributed by atoms with Crippen LogP contribution in [0.25, 0.3) is 55.6 Å². The summed E-state index contributed by atoms with van der Waals surface area (Å²) in [5.74, 6) is 0.0847. The number of carbonyl (C=O) groups is 1. The predicted molar refractivity (Wildman–Crippen MR) is 233 cm³/mol. The number of ketones is 1. The lowest BCUT2D eigenvalue weighted by Crippen LogP contribution is -2.36. The first-order valence-corrected chi connectivity index (χ1v) is 20.2. The average Bonchev–Trinajstić information content (AvgIpc) is 3.78. The number of hydrogen-bond donors (Lipinski definition) is 0. The molecular formula is C56H40O. The minimum absolute atomic E-state index is 0.0847. The third-order valence-electron chi connectivity index (χ3n) is 14.1. The first-order valence-electron chi connectivity index (χ1n) is 20.2. The Hall–Kier alpha value is -6.57. The van der Waals surface area contributed by atoms with Crippen LogP contribution in [0.2, 0.25) is 0 Å². The molecule has 8 aromatic carbocycles. The van der Waals surface area contributed by atoms with E-state index in [4.69, 9.17) is 0 Å². The molecule has 8 aromatic rings. The van der Waals surface area contributed by atoms with Crippen molar-refractivity contribution in [3.8, 4) is 55.6 Å². The fourth-order valence-electron chi connectivity index (χ4n) is 11.7. The molecule has 0 atom stereocenters. The van der Waals surface area contributed by atoms with E-state index in [1.165, 1.54) is 77.9 Å². The van der Waals surface area contributed by atoms with Gasteiger partial charge in [0.05, 0.1) is 5.41 Å². The smallest absolute Gasteiger partial charge is 0.193 e. The number of carbonyl (C=O) groups excluding carboxylic acids is 1. The Labute approximate surface area is 334 Å². The zero-order valence-corrected chi connectivity index (χ0v) is 32.6. The van der Waals surface area contributed by atoms with Crippen LogP contribution in [-0.4, -0.2) is 5.78 Å². The summed E-state index contributed by atoms with van der Waals surface area (Å²) < 4.78 is 0. The van der Waals surface area contributed by atoms with E-state index in [0.717, 1.165) is 33.4 Å². The van der Waals surface area contributed by atoms with Crippen LogP contribution in [0.5, 0.6) is 0 Å². The van der Waals surface area contributed by atoms with Gasteiger partial charge in [-0.1, -0.05) is 185 Å². The molecule has 0 saturated heterocycles. The van der Waals surface area contributed by atoms with E-state index in [2.05, 4.69) is 198 Å². The van der Waals surface area contributed by atoms with Crippen molar-refractivity contribution in [2.24, 2.45) is 0 Å². The fraction of sp³-hybridized carbons (Fsp3) is 0.125. The number of rotatable bonds is 2. The fourth-order valence-corrected chi connectivity index (χ4v) is 11.7. The van der Waals surface area contributed by atoms with Gasteiger partial charge in [-0.3, -0.25) is 4.79 Å². The summed E-state index contributed by atoms with van der Waals surface area (Å²) in [6, 6.07) is 62.2. The highest BCUT2D eigenvalue weighted by Crippen LogP contribution is 2.61. The first-order chi connectivity index (χ1) is 27.7. The van der Waals surface area contributed by atoms with Crippen LogP contribution in [0.4, 0.5) is 0 Å². The molecule has 57 heavy (non-hydrogen) atoms. The van der Waals surface area contributed by atoms with E-state index in [-0.39, 0.29) is 16.6 Å². The van der Waals surface area contributed by atoms with E-state index < -0.39 is 5.41 Å². The van der Waals surface area contributed by atoms with Crippen LogP contribution in [0, 0.1) is 0 Å². The second-order valence-corrected chi connectivity index (χ2v) is 17.5. The van der Waals surface area contributed by atoms with Gasteiger partial charge in [0.2, 0.25) is 0 Å². The third kappa shape index (κ3) is 3.97. The van der Waals surface area contributed by atoms with E-state index in [0.29, 0.717) is 0 Å². The summed E-state index contributed by atoms with van der Waals surface area (Å²) in [6.45, 7) is 9.35. The van der Waals surface area contributed by atoms with Crippen molar-refractivity contribution in [3.05, 3.63) is 225 Å². The van der Waals surface area contributed by atoms with Crippen LogP contribution in [0.1, 0.15) is 88.1 Å². The van der Waals surface area contributed by atoms with Gasteiger partial charge in [0.25, 0.3) is 0 Å². The molecule has 0 aliphatic heterocycles. The standard InChI is InChI=1S/C56H40O/c1-54(2)45-23-9-5-17-39(45)41-21-13-19-35(51(41)54)33-27-29-49-43(31-33)53(57)44-32-34(36-20-14-22-42-40-18-6-10-24-46(40)55(3,4)52(36)42)28-30-50(44)56(49)47-25-11-7-15-37(47)38-16-8-12-26-48(38)56/h5-32H,1-4H3. The Morgan fingerprint density at radius 2 is 0.614 bits per heavy atom. The van der Waals surface area contributed by atoms with Gasteiger partial charge < -0.3 is 0 Å². The number of fused-ring (bicyclic) bond motifs is 15. The molecule has 0 heterocycles. The maximum Gasteiger partial charge on any atom is 0.193 e. The third-order valence-corrected chi connectivity index (χ3v) is 14.1. The SMILES string of the molecule is CC1(C)c2ccccc2-c2cccc(-c3ccc4c(c3)C(=O)c3cc(-c5cccc6c5C(C)(C)c5ccccc5-6)ccc3C43c4ccccc4-c4ccccc43)c21. The van der Waals surface area contributed by atoms with Crippen molar-refractivity contribution >= 4 is 5.78 Å². The zero-order valence-electron chi connectivity index (χ0n) is 32.6. The van der Waals surface area contributed by atoms with Gasteiger partial charge in [-0.2, -0.15) is 0 Å². The Balaban J connectivity index is 1.12. The van der Waals surface area contributed by atoms with Gasteiger partial charge in [-0.05, 0) is 112 Å². The summed E-state index contributed by atoms with van der Waals surface area (Å²) in [4.78, 5) is 15.5. The van der Waals surface area contributed by atoms with Crippen molar-refractivity contribution in [2.45, 2.75) is 43.9 Å². The zero-order chi connectivity index (χ0) is 38.4. The van der Waals surface area contributed by atoms with Gasteiger partial charge in [-0.25, -0.2) is 0 Å². The van der Waals surface area contributed by atoms with Crippen molar-refractivity contribution in [3.63, 3.8) is 0 Å². The summed E-state index contributed by atoms with van der Waals surface area (Å²) >= 11 is 0. The minimum Gasteiger partial charge on any atom is -0.289 e. The second-order valence-electron chi connectivity index (χ2n) is 17.5. The molecule has 0 aromatic heterocycles. The molecule has 0 bridgehead atoms. The summed E-state index contributed by atoms with van der Waals surface area (Å²) in [5.41, 5.74) is 22.6. The normalized spacial score (nSPS) is 16.2. The first kappa shape index (κ1) is 32.7. The molecule has 1 spiro atoms. The summed E-state index contributed by atoms with van der Waals surface area (Å²) in [7, 11) is 0. The molecule has 0 radical (unpaired) electrons.